The largest absolute Gasteiger partial charge is 0.478 e. The van der Waals surface area contributed by atoms with Crippen molar-refractivity contribution in [2.24, 2.45) is 0 Å². The number of carbonyl (C=O) groups is 1. The van der Waals surface area contributed by atoms with Crippen molar-refractivity contribution < 1.29 is 15.0 Å². The third-order valence-electron chi connectivity index (χ3n) is 3.75. The predicted molar refractivity (Wildman–Crippen MR) is 88.5 cm³/mol. The van der Waals surface area contributed by atoms with Gasteiger partial charge in [-0.15, -0.1) is 0 Å². The molecule has 0 bridgehead atoms. The molecule has 0 aliphatic heterocycles. The molecule has 0 fully saturated rings. The summed E-state index contributed by atoms with van der Waals surface area (Å²) in [5.41, 5.74) is 0. The lowest BCUT2D eigenvalue weighted by Crippen LogP contribution is -1.98. The minimum absolute atomic E-state index is 0.135. The highest BCUT2D eigenvalue weighted by molar-refractivity contribution is 5.79. The van der Waals surface area contributed by atoms with Gasteiger partial charge in [-0.3, -0.25) is 0 Å². The first-order valence-electron chi connectivity index (χ1n) is 8.70. The average Bonchev–Trinajstić information content (AvgIpc) is 2.42. The van der Waals surface area contributed by atoms with E-state index < -0.39 is 5.97 Å². The lowest BCUT2D eigenvalue weighted by molar-refractivity contribution is -0.131. The highest BCUT2D eigenvalue weighted by Crippen LogP contribution is 2.13. The average molecular weight is 298 g/mol. The molecule has 0 heterocycles. The van der Waals surface area contributed by atoms with Gasteiger partial charge in [-0.2, -0.15) is 0 Å². The fourth-order valence-corrected chi connectivity index (χ4v) is 2.48. The summed E-state index contributed by atoms with van der Waals surface area (Å²) < 4.78 is 0. The molecule has 3 heteroatoms. The Hall–Kier alpha value is -0.830. The number of carboxylic acids is 1. The Kier molecular flexibility index (Phi) is 14.9. The van der Waals surface area contributed by atoms with E-state index in [2.05, 4.69) is 0 Å². The van der Waals surface area contributed by atoms with Crippen molar-refractivity contribution in [2.75, 3.05) is 0 Å². The van der Waals surface area contributed by atoms with Crippen LogP contribution in [0.25, 0.3) is 0 Å². The van der Waals surface area contributed by atoms with Crippen molar-refractivity contribution in [3.63, 3.8) is 0 Å². The van der Waals surface area contributed by atoms with E-state index in [9.17, 15) is 4.79 Å². The molecule has 124 valence electrons. The summed E-state index contributed by atoms with van der Waals surface area (Å²) in [4.78, 5) is 10.2. The van der Waals surface area contributed by atoms with Gasteiger partial charge in [0.05, 0.1) is 6.10 Å². The van der Waals surface area contributed by atoms with Gasteiger partial charge < -0.3 is 10.2 Å². The Bertz CT molecular complexity index is 259. The molecular weight excluding hydrogens is 264 g/mol. The van der Waals surface area contributed by atoms with Crippen LogP contribution in [0.2, 0.25) is 0 Å². The molecule has 0 saturated heterocycles. The number of unbranched alkanes of at least 4 members (excludes halogenated alkanes) is 11. The zero-order valence-corrected chi connectivity index (χ0v) is 13.7. The van der Waals surface area contributed by atoms with Gasteiger partial charge in [0.2, 0.25) is 0 Å². The molecule has 3 nitrogen and oxygen atoms in total. The Morgan fingerprint density at radius 3 is 1.71 bits per heavy atom. The fourth-order valence-electron chi connectivity index (χ4n) is 2.48. The number of aliphatic carboxylic acids is 1. The molecule has 0 aliphatic rings. The summed E-state index contributed by atoms with van der Waals surface area (Å²) in [6.45, 7) is 1.86. The van der Waals surface area contributed by atoms with E-state index in [-0.39, 0.29) is 6.10 Å². The van der Waals surface area contributed by atoms with Crippen LogP contribution in [0.4, 0.5) is 0 Å². The number of allylic oxidation sites excluding steroid dienone is 1. The molecule has 0 aromatic rings. The van der Waals surface area contributed by atoms with Gasteiger partial charge in [0, 0.05) is 6.08 Å². The van der Waals surface area contributed by atoms with Gasteiger partial charge in [-0.25, -0.2) is 4.79 Å². The van der Waals surface area contributed by atoms with Crippen molar-refractivity contribution in [3.05, 3.63) is 12.2 Å². The maximum Gasteiger partial charge on any atom is 0.327 e. The zero-order valence-electron chi connectivity index (χ0n) is 13.7. The predicted octanol–water partition coefficient (Wildman–Crippen LogP) is 5.08. The molecule has 1 atom stereocenters. The van der Waals surface area contributed by atoms with Crippen LogP contribution in [-0.4, -0.2) is 22.3 Å². The number of hydrogen-bond acceptors (Lipinski definition) is 2. The molecule has 0 rings (SSSR count). The van der Waals surface area contributed by atoms with Crippen LogP contribution >= 0.6 is 0 Å². The minimum Gasteiger partial charge on any atom is -0.478 e. The van der Waals surface area contributed by atoms with Gasteiger partial charge >= 0.3 is 5.97 Å². The van der Waals surface area contributed by atoms with Crippen LogP contribution < -0.4 is 0 Å². The molecule has 0 aliphatic carbocycles. The first kappa shape index (κ1) is 20.2. The van der Waals surface area contributed by atoms with E-state index in [0.717, 1.165) is 25.7 Å². The monoisotopic (exact) mass is 298 g/mol. The summed E-state index contributed by atoms with van der Waals surface area (Å²) in [6.07, 6.45) is 18.7. The van der Waals surface area contributed by atoms with Crippen molar-refractivity contribution in [1.82, 2.24) is 0 Å². The van der Waals surface area contributed by atoms with Crippen molar-refractivity contribution >= 4 is 5.97 Å². The van der Waals surface area contributed by atoms with Crippen LogP contribution in [0.1, 0.15) is 90.4 Å². The molecule has 0 saturated carbocycles. The van der Waals surface area contributed by atoms with Crippen molar-refractivity contribution in [2.45, 2.75) is 96.5 Å². The van der Waals surface area contributed by atoms with Gasteiger partial charge in [-0.05, 0) is 26.2 Å². The number of aliphatic hydroxyl groups is 1. The van der Waals surface area contributed by atoms with Gasteiger partial charge in [0.15, 0.2) is 0 Å². The molecule has 0 aromatic heterocycles. The number of hydrogen-bond donors (Lipinski definition) is 2. The van der Waals surface area contributed by atoms with E-state index in [1.165, 1.54) is 63.9 Å². The highest BCUT2D eigenvalue weighted by Gasteiger charge is 1.96. The molecule has 0 aromatic carbocycles. The van der Waals surface area contributed by atoms with E-state index in [1.807, 2.05) is 6.92 Å². The van der Waals surface area contributed by atoms with E-state index in [4.69, 9.17) is 10.2 Å². The fraction of sp³-hybridized carbons (Fsp3) is 0.833. The Morgan fingerprint density at radius 2 is 1.29 bits per heavy atom. The molecule has 1 unspecified atom stereocenters. The Labute approximate surface area is 130 Å². The molecule has 0 spiro atoms. The second-order valence-electron chi connectivity index (χ2n) is 6.06. The third-order valence-corrected chi connectivity index (χ3v) is 3.75. The Balaban J connectivity index is 3.04. The highest BCUT2D eigenvalue weighted by atomic mass is 16.4. The maximum atomic E-state index is 10.2. The summed E-state index contributed by atoms with van der Waals surface area (Å²) in [5.74, 6) is -0.846. The maximum absolute atomic E-state index is 10.2. The molecule has 0 amide bonds. The minimum atomic E-state index is -0.846. The normalized spacial score (nSPS) is 12.9. The summed E-state index contributed by atoms with van der Waals surface area (Å²) in [7, 11) is 0. The number of aliphatic hydroxyl groups excluding tert-OH is 1. The zero-order chi connectivity index (χ0) is 15.8. The quantitative estimate of drug-likeness (QED) is 0.327. The number of carboxylic acid groups (broad SMARTS) is 1. The second kappa shape index (κ2) is 15.6. The van der Waals surface area contributed by atoms with E-state index in [0.29, 0.717) is 0 Å². The van der Waals surface area contributed by atoms with Gasteiger partial charge in [-0.1, -0.05) is 70.3 Å². The smallest absolute Gasteiger partial charge is 0.327 e. The first-order valence-corrected chi connectivity index (χ1v) is 8.70. The third kappa shape index (κ3) is 19.2. The lowest BCUT2D eigenvalue weighted by Gasteiger charge is -2.04. The van der Waals surface area contributed by atoms with Crippen molar-refractivity contribution in [3.8, 4) is 0 Å². The van der Waals surface area contributed by atoms with E-state index in [1.54, 1.807) is 6.08 Å². The molecule has 2 N–H and O–H groups in total. The van der Waals surface area contributed by atoms with Crippen LogP contribution in [-0.2, 0) is 4.79 Å². The molecule has 0 radical (unpaired) electrons. The summed E-state index contributed by atoms with van der Waals surface area (Å²) >= 11 is 0. The first-order chi connectivity index (χ1) is 10.1. The SMILES string of the molecule is CC(O)CCCCCCCCCCCCC/C=C/C(=O)O. The van der Waals surface area contributed by atoms with Crippen LogP contribution in [0.3, 0.4) is 0 Å². The van der Waals surface area contributed by atoms with Crippen LogP contribution in [0.5, 0.6) is 0 Å². The standard InChI is InChI=1S/C18H34O3/c1-17(19)15-13-11-9-7-5-3-2-4-6-8-10-12-14-16-18(20)21/h14,16-17,19H,2-13,15H2,1H3,(H,20,21)/b16-14+. The summed E-state index contributed by atoms with van der Waals surface area (Å²) in [6, 6.07) is 0. The van der Waals surface area contributed by atoms with Crippen molar-refractivity contribution in [1.29, 1.82) is 0 Å². The number of rotatable bonds is 15. The molecular formula is C18H34O3. The summed E-state index contributed by atoms with van der Waals surface area (Å²) in [5, 5.41) is 17.6. The van der Waals surface area contributed by atoms with Crippen LogP contribution in [0.15, 0.2) is 12.2 Å². The Morgan fingerprint density at radius 1 is 0.857 bits per heavy atom. The van der Waals surface area contributed by atoms with E-state index >= 15 is 0 Å². The topological polar surface area (TPSA) is 57.5 Å². The van der Waals surface area contributed by atoms with Gasteiger partial charge in [0.25, 0.3) is 0 Å². The molecule has 21 heavy (non-hydrogen) atoms. The second-order valence-corrected chi connectivity index (χ2v) is 6.06. The van der Waals surface area contributed by atoms with Crippen LogP contribution in [0, 0.1) is 0 Å². The lowest BCUT2D eigenvalue weighted by atomic mass is 10.0. The van der Waals surface area contributed by atoms with Gasteiger partial charge in [0.1, 0.15) is 0 Å².